The van der Waals surface area contributed by atoms with Crippen LogP contribution >= 0.6 is 88.5 Å². The molecule has 0 atom stereocenters. The molecule has 0 aliphatic heterocycles. The summed E-state index contributed by atoms with van der Waals surface area (Å²) in [5.74, 6) is 1.96. The summed E-state index contributed by atoms with van der Waals surface area (Å²) in [6.45, 7) is 9.12. The van der Waals surface area contributed by atoms with E-state index in [1.54, 1.807) is 130 Å². The van der Waals surface area contributed by atoms with Crippen molar-refractivity contribution in [2.24, 2.45) is 0 Å². The molecule has 29 nitrogen and oxygen atoms in total. The molecule has 0 radical (unpaired) electrons. The number of fused-ring (bicyclic) bond motifs is 5. The summed E-state index contributed by atoms with van der Waals surface area (Å²) in [5, 5.41) is 23.8. The summed E-state index contributed by atoms with van der Waals surface area (Å²) in [4.78, 5) is 131. The summed E-state index contributed by atoms with van der Waals surface area (Å²) in [5.41, 5.74) is 12.9. The van der Waals surface area contributed by atoms with Crippen LogP contribution in [0.2, 0.25) is 0 Å². The first-order valence-corrected chi connectivity index (χ1v) is 41.5. The first kappa shape index (κ1) is 90.3. The maximum absolute atomic E-state index is 11.4. The zero-order chi connectivity index (χ0) is 85.5. The SMILES string of the molecule is CC(=O)Cc1cncc(Br)c1.CC(=O)Nc1cncc(-c2nc3cc(O)ccc3s2)c1.CCC(=O)COc1ccc2sc(-c3cncc(NC(C)=O)c3)nc2c1.COC(=O)CBr.COC(=O)COc1ccc2sc(-c3cncc(NC(C)=O)c3)nc2c1.COc1ccc2sc(-c3cncc(NC(C)=O)c3)nc2c1.COc1ccc2scnc2c1. The number of halogens is 2. The number of nitrogens with zero attached hydrogens (tertiary/aromatic N) is 10. The van der Waals surface area contributed by atoms with Gasteiger partial charge in [0.2, 0.25) is 23.6 Å². The van der Waals surface area contributed by atoms with Crippen LogP contribution < -0.4 is 40.2 Å². The molecule has 0 saturated carbocycles. The molecule has 36 heteroatoms. The molecule has 0 saturated heterocycles. The van der Waals surface area contributed by atoms with Crippen LogP contribution in [0.5, 0.6) is 28.7 Å². The number of benzene rings is 5. The number of hydrogen-bond acceptors (Lipinski definition) is 30. The third-order valence-corrected chi connectivity index (χ3v) is 21.4. The number of alkyl halides is 1. The molecule has 612 valence electrons. The van der Waals surface area contributed by atoms with E-state index >= 15 is 0 Å². The predicted octanol–water partition coefficient (Wildman–Crippen LogP) is 17.7. The first-order valence-electron chi connectivity index (χ1n) is 35.5. The number of amides is 4. The number of carbonyl (C=O) groups is 8. The van der Waals surface area contributed by atoms with Crippen LogP contribution in [0.1, 0.15) is 53.5 Å². The van der Waals surface area contributed by atoms with Crippen molar-refractivity contribution in [1.29, 1.82) is 0 Å². The van der Waals surface area contributed by atoms with E-state index in [0.717, 1.165) is 110 Å². The molecule has 5 aromatic carbocycles. The molecule has 0 fully saturated rings. The number of aromatic nitrogens is 10. The Morgan fingerprint density at radius 2 is 0.773 bits per heavy atom. The fourth-order valence-corrected chi connectivity index (χ4v) is 15.1. The maximum atomic E-state index is 11.4. The average Bonchev–Trinajstić information content (AvgIpc) is 1.69. The number of thiazole rings is 5. The Hall–Kier alpha value is -12.6. The van der Waals surface area contributed by atoms with Crippen LogP contribution in [0.25, 0.3) is 93.4 Å². The van der Waals surface area contributed by atoms with Gasteiger partial charge in [-0.3, -0.25) is 58.5 Å². The summed E-state index contributed by atoms with van der Waals surface area (Å²) >= 11 is 13.9. The number of esters is 2. The van der Waals surface area contributed by atoms with E-state index in [1.807, 2.05) is 109 Å². The quantitative estimate of drug-likeness (QED) is 0.0349. The standard InChI is InChI=1S/C18H17N3O3S.C17H15N3O4S.C15H13N3O2S.C14H11N3O2S.C8H8BrNO.C8H7NOS.C3H5BrO2/c1-3-14(23)10-24-15-4-5-17-16(7-15)21-18(25-17)12-6-13(9-19-8-12)20-11(2)22;1-10(21)19-12-5-11(7-18-8-12)17-20-14-6-13(3-4-15(14)25-17)24-9-16(22)23-2;1-9(19)17-11-5-10(7-16-8-11)15-18-13-6-12(20-2)3-4-14(13)21-15;1-8(18)16-10-4-9(6-15-7-10)14-17-12-5-11(19)2-3-13(12)20-14;1-6(11)2-7-3-8(9)5-10-4-7;1-10-6-2-3-8-7(4-6)9-5-11-8;1-6-3(5)2-4/h4-9H,3,10H2,1-2H3,(H,20,22);3-8H,9H2,1-2H3,(H,19,21);3-8H,1-2H3,(H,17,19);2-7,19H,1H3,(H,16,18);3-5H,2H2,1H3;2-5H,1H3;2H2,1H3. The van der Waals surface area contributed by atoms with Gasteiger partial charge in [-0.1, -0.05) is 22.9 Å². The number of rotatable bonds is 20. The maximum Gasteiger partial charge on any atom is 0.343 e. The van der Waals surface area contributed by atoms with Crippen LogP contribution in [-0.4, -0.2) is 149 Å². The minimum Gasteiger partial charge on any atom is -0.508 e. The number of aromatic hydroxyl groups is 1. The summed E-state index contributed by atoms with van der Waals surface area (Å²) in [6.07, 6.45) is 17.5. The van der Waals surface area contributed by atoms with Gasteiger partial charge in [0, 0.05) is 135 Å². The number of nitrogens with one attached hydrogen (secondary N) is 4. The van der Waals surface area contributed by atoms with Gasteiger partial charge in [0.05, 0.1) is 133 Å². The zero-order valence-electron chi connectivity index (χ0n) is 65.4. The summed E-state index contributed by atoms with van der Waals surface area (Å²) < 4.78 is 36.1. The third-order valence-electron chi connectivity index (χ3n) is 15.4. The lowest BCUT2D eigenvalue weighted by Gasteiger charge is -2.03. The highest BCUT2D eigenvalue weighted by Crippen LogP contribution is 2.37. The fourth-order valence-electron chi connectivity index (χ4n) is 10.1. The van der Waals surface area contributed by atoms with Crippen LogP contribution in [0.3, 0.4) is 0 Å². The molecule has 15 aromatic rings. The highest BCUT2D eigenvalue weighted by molar-refractivity contribution is 9.10. The van der Waals surface area contributed by atoms with Crippen LogP contribution in [0.15, 0.2) is 193 Å². The number of phenolic OH excluding ortho intramolecular Hbond substituents is 1. The van der Waals surface area contributed by atoms with Gasteiger partial charge in [0.1, 0.15) is 66.5 Å². The van der Waals surface area contributed by atoms with Crippen molar-refractivity contribution >= 4 is 210 Å². The van der Waals surface area contributed by atoms with Crippen LogP contribution in [0.4, 0.5) is 22.7 Å². The van der Waals surface area contributed by atoms with Crippen LogP contribution in [-0.2, 0) is 54.3 Å². The van der Waals surface area contributed by atoms with Gasteiger partial charge in [0.15, 0.2) is 12.4 Å². The molecule has 0 aliphatic carbocycles. The Morgan fingerprint density at radius 3 is 1.13 bits per heavy atom. The molecule has 0 spiro atoms. The van der Waals surface area contributed by atoms with Crippen molar-refractivity contribution in [2.75, 3.05) is 68.3 Å². The summed E-state index contributed by atoms with van der Waals surface area (Å²) in [7, 11) is 5.96. The molecular formula is C83H76Br2N14O15S5. The Bertz CT molecular complexity index is 5920. The molecule has 10 heterocycles. The minimum absolute atomic E-state index is 0.0555. The van der Waals surface area contributed by atoms with E-state index < -0.39 is 5.97 Å². The molecule has 0 unspecified atom stereocenters. The van der Waals surface area contributed by atoms with Gasteiger partial charge in [-0.05, 0) is 119 Å². The monoisotopic (exact) mass is 1830 g/mol. The van der Waals surface area contributed by atoms with Gasteiger partial charge in [-0.25, -0.2) is 29.7 Å². The van der Waals surface area contributed by atoms with E-state index in [9.17, 15) is 43.5 Å². The number of Topliss-reactive ketones (excluding diaryl/α,β-unsaturated/α-hetero) is 2. The average molecular weight is 1830 g/mol. The molecule has 0 aliphatic rings. The molecule has 119 heavy (non-hydrogen) atoms. The molecule has 0 bridgehead atoms. The second-order valence-corrected chi connectivity index (χ2v) is 31.2. The van der Waals surface area contributed by atoms with E-state index in [1.165, 1.54) is 80.6 Å². The van der Waals surface area contributed by atoms with Crippen molar-refractivity contribution < 1.29 is 71.9 Å². The van der Waals surface area contributed by atoms with E-state index in [4.69, 9.17) is 18.9 Å². The van der Waals surface area contributed by atoms with Crippen molar-refractivity contribution in [3.63, 3.8) is 0 Å². The number of anilines is 4. The van der Waals surface area contributed by atoms with E-state index in [-0.39, 0.29) is 65.5 Å². The normalized spacial score (nSPS) is 10.3. The Morgan fingerprint density at radius 1 is 0.412 bits per heavy atom. The van der Waals surface area contributed by atoms with Crippen molar-refractivity contribution in [3.05, 3.63) is 199 Å². The number of pyridine rings is 5. The van der Waals surface area contributed by atoms with Gasteiger partial charge in [-0.15, -0.1) is 56.7 Å². The Labute approximate surface area is 718 Å². The number of ketones is 2. The second-order valence-electron chi connectivity index (χ2n) is 24.7. The van der Waals surface area contributed by atoms with Crippen molar-refractivity contribution in [1.82, 2.24) is 49.8 Å². The first-order chi connectivity index (χ1) is 57.2. The Balaban J connectivity index is 0.000000164. The van der Waals surface area contributed by atoms with Gasteiger partial charge in [0.25, 0.3) is 0 Å². The Kier molecular flexibility index (Phi) is 34.3. The van der Waals surface area contributed by atoms with Crippen molar-refractivity contribution in [2.45, 2.75) is 54.4 Å². The number of methoxy groups -OCH3 is 4. The fraction of sp³-hybridized carbons (Fsp3) is 0.181. The third kappa shape index (κ3) is 28.6. The lowest BCUT2D eigenvalue weighted by Crippen LogP contribution is -2.12. The summed E-state index contributed by atoms with van der Waals surface area (Å²) in [6, 6.07) is 37.0. The number of hydrogen-bond donors (Lipinski definition) is 5. The predicted molar refractivity (Wildman–Crippen MR) is 473 cm³/mol. The minimum atomic E-state index is -0.445. The van der Waals surface area contributed by atoms with E-state index in [2.05, 4.69) is 112 Å². The number of carbonyl (C=O) groups excluding carboxylic acids is 8. The molecule has 4 amide bonds. The second kappa shape index (κ2) is 45.2. The molecule has 15 rings (SSSR count). The van der Waals surface area contributed by atoms with Crippen LogP contribution in [0, 0.1) is 0 Å². The topological polar surface area (TPSA) is 389 Å². The van der Waals surface area contributed by atoms with Gasteiger partial charge in [-0.2, -0.15) is 0 Å². The van der Waals surface area contributed by atoms with Crippen molar-refractivity contribution in [3.8, 4) is 71.0 Å². The highest BCUT2D eigenvalue weighted by Gasteiger charge is 2.16. The van der Waals surface area contributed by atoms with E-state index in [0.29, 0.717) is 47.1 Å². The highest BCUT2D eigenvalue weighted by atomic mass is 79.9. The number of phenols is 1. The number of ether oxygens (including phenoxy) is 6. The lowest BCUT2D eigenvalue weighted by molar-refractivity contribution is -0.143. The smallest absolute Gasteiger partial charge is 0.343 e. The zero-order valence-corrected chi connectivity index (χ0v) is 72.6. The molecular weight excluding hydrogens is 1750 g/mol. The molecule has 10 aromatic heterocycles. The van der Waals surface area contributed by atoms with Gasteiger partial charge >= 0.3 is 11.9 Å². The van der Waals surface area contributed by atoms with Gasteiger partial charge < -0.3 is 54.8 Å². The largest absolute Gasteiger partial charge is 0.508 e. The lowest BCUT2D eigenvalue weighted by atomic mass is 10.2. The molecule has 5 N–H and O–H groups in total.